The Morgan fingerprint density at radius 2 is 2.00 bits per heavy atom. The number of rotatable bonds is 4. The molecule has 6 nitrogen and oxygen atoms in total. The van der Waals surface area contributed by atoms with E-state index in [-0.39, 0.29) is 18.4 Å². The van der Waals surface area contributed by atoms with E-state index in [2.05, 4.69) is 10.2 Å². The normalized spacial score (nSPS) is 18.3. The van der Waals surface area contributed by atoms with Crippen molar-refractivity contribution < 1.29 is 14.3 Å². The topological polar surface area (TPSA) is 61.9 Å². The maximum Gasteiger partial charge on any atom is 0.265 e. The number of piperidine rings is 1. The fraction of sp³-hybridized carbons (Fsp3) is 0.529. The lowest BCUT2D eigenvalue weighted by atomic mass is 10.1. The lowest BCUT2D eigenvalue weighted by Crippen LogP contribution is -2.44. The number of nitrogens with zero attached hydrogens (tertiary/aromatic N) is 2. The largest absolute Gasteiger partial charge is 0.482 e. The molecular formula is C17H23N3O3. The number of ether oxygens (including phenoxy) is 1. The Morgan fingerprint density at radius 1 is 1.22 bits per heavy atom. The predicted molar refractivity (Wildman–Crippen MR) is 88.9 cm³/mol. The van der Waals surface area contributed by atoms with Gasteiger partial charge in [0.05, 0.1) is 5.69 Å². The third-order valence-corrected chi connectivity index (χ3v) is 4.31. The molecule has 2 aliphatic heterocycles. The Kier molecular flexibility index (Phi) is 4.81. The van der Waals surface area contributed by atoms with Gasteiger partial charge in [0.2, 0.25) is 5.91 Å². The molecular weight excluding hydrogens is 294 g/mol. The summed E-state index contributed by atoms with van der Waals surface area (Å²) in [6.45, 7) is 5.28. The molecule has 124 valence electrons. The third kappa shape index (κ3) is 3.82. The first-order chi connectivity index (χ1) is 11.1. The van der Waals surface area contributed by atoms with Crippen LogP contribution in [0, 0.1) is 0 Å². The van der Waals surface area contributed by atoms with Gasteiger partial charge in [0.1, 0.15) is 5.75 Å². The number of likely N-dealkylation sites (tertiary alicyclic amines) is 1. The molecule has 0 bridgehead atoms. The predicted octanol–water partition coefficient (Wildman–Crippen LogP) is 1.86. The maximum absolute atomic E-state index is 12.3. The summed E-state index contributed by atoms with van der Waals surface area (Å²) >= 11 is 0. The highest BCUT2D eigenvalue weighted by molar-refractivity contribution is 5.99. The highest BCUT2D eigenvalue weighted by Gasteiger charge is 2.26. The summed E-state index contributed by atoms with van der Waals surface area (Å²) in [5, 5.41) is 2.75. The zero-order valence-electron chi connectivity index (χ0n) is 13.5. The first-order valence-corrected chi connectivity index (χ1v) is 8.20. The van der Waals surface area contributed by atoms with Gasteiger partial charge >= 0.3 is 0 Å². The highest BCUT2D eigenvalue weighted by atomic mass is 16.5. The van der Waals surface area contributed by atoms with Crippen LogP contribution in [0.1, 0.15) is 26.2 Å². The molecule has 0 unspecified atom stereocenters. The number of benzene rings is 1. The average Bonchev–Trinajstić information content (AvgIpc) is 2.54. The number of carbonyl (C=O) groups excluding carboxylic acids is 2. The number of carbonyl (C=O) groups is 2. The first-order valence-electron chi connectivity index (χ1n) is 8.20. The Balaban J connectivity index is 1.74. The molecule has 6 heteroatoms. The van der Waals surface area contributed by atoms with Crippen LogP contribution in [-0.4, -0.2) is 49.5 Å². The monoisotopic (exact) mass is 317 g/mol. The van der Waals surface area contributed by atoms with Gasteiger partial charge in [-0.3, -0.25) is 9.59 Å². The molecule has 0 aromatic heterocycles. The molecule has 2 aliphatic rings. The van der Waals surface area contributed by atoms with Gasteiger partial charge in [0.15, 0.2) is 6.61 Å². The van der Waals surface area contributed by atoms with Crippen molar-refractivity contribution in [2.24, 2.45) is 0 Å². The molecule has 0 spiro atoms. The van der Waals surface area contributed by atoms with Gasteiger partial charge < -0.3 is 19.9 Å². The van der Waals surface area contributed by atoms with Gasteiger partial charge in [-0.25, -0.2) is 0 Å². The Labute approximate surface area is 136 Å². The number of nitrogens with one attached hydrogen (secondary N) is 1. The van der Waals surface area contributed by atoms with Crippen molar-refractivity contribution in [1.82, 2.24) is 4.90 Å². The third-order valence-electron chi connectivity index (χ3n) is 4.31. The molecule has 0 radical (unpaired) electrons. The van der Waals surface area contributed by atoms with Crippen LogP contribution < -0.4 is 15.0 Å². The number of hydrogen-bond donors (Lipinski definition) is 1. The van der Waals surface area contributed by atoms with Gasteiger partial charge in [-0.2, -0.15) is 0 Å². The molecule has 3 rings (SSSR count). The minimum atomic E-state index is -0.132. The Bertz CT molecular complexity index is 597. The van der Waals surface area contributed by atoms with E-state index >= 15 is 0 Å². The van der Waals surface area contributed by atoms with E-state index in [1.807, 2.05) is 6.07 Å². The van der Waals surface area contributed by atoms with E-state index in [1.54, 1.807) is 17.0 Å². The highest BCUT2D eigenvalue weighted by Crippen LogP contribution is 2.34. The Morgan fingerprint density at radius 3 is 2.74 bits per heavy atom. The fourth-order valence-corrected chi connectivity index (χ4v) is 3.15. The molecule has 0 atom stereocenters. The van der Waals surface area contributed by atoms with Gasteiger partial charge in [-0.05, 0) is 44.1 Å². The van der Waals surface area contributed by atoms with Crippen molar-refractivity contribution in [2.75, 3.05) is 43.0 Å². The fourth-order valence-electron chi connectivity index (χ4n) is 3.15. The number of hydrogen-bond acceptors (Lipinski definition) is 4. The second-order valence-electron chi connectivity index (χ2n) is 6.10. The van der Waals surface area contributed by atoms with Crippen molar-refractivity contribution >= 4 is 23.2 Å². The lowest BCUT2D eigenvalue weighted by molar-refractivity contribution is -0.121. The summed E-state index contributed by atoms with van der Waals surface area (Å²) in [6, 6.07) is 5.41. The minimum absolute atomic E-state index is 0.0329. The molecule has 23 heavy (non-hydrogen) atoms. The second kappa shape index (κ2) is 7.00. The molecule has 0 saturated carbocycles. The van der Waals surface area contributed by atoms with E-state index in [0.29, 0.717) is 18.0 Å². The maximum atomic E-state index is 12.3. The van der Waals surface area contributed by atoms with Crippen molar-refractivity contribution in [3.05, 3.63) is 18.2 Å². The molecule has 2 amide bonds. The van der Waals surface area contributed by atoms with Crippen LogP contribution in [0.15, 0.2) is 18.2 Å². The molecule has 0 aliphatic carbocycles. The Hall–Kier alpha value is -2.08. The van der Waals surface area contributed by atoms with E-state index in [4.69, 9.17) is 4.74 Å². The summed E-state index contributed by atoms with van der Waals surface area (Å²) in [7, 11) is 0. The molecule has 1 saturated heterocycles. The lowest BCUT2D eigenvalue weighted by Gasteiger charge is -2.33. The standard InChI is InChI=1S/C17H23N3O3/c1-13(21)18-14-5-6-16-15(11-14)20(17(22)12-23-16)10-9-19-7-3-2-4-8-19/h5-6,11H,2-4,7-10,12H2,1H3,(H,18,21). The van der Waals surface area contributed by atoms with Crippen LogP contribution in [0.3, 0.4) is 0 Å². The summed E-state index contributed by atoms with van der Waals surface area (Å²) in [5.74, 6) is 0.528. The van der Waals surface area contributed by atoms with Crippen molar-refractivity contribution in [3.63, 3.8) is 0 Å². The number of fused-ring (bicyclic) bond motifs is 1. The van der Waals surface area contributed by atoms with Crippen LogP contribution in [0.5, 0.6) is 5.75 Å². The van der Waals surface area contributed by atoms with Crippen molar-refractivity contribution in [3.8, 4) is 5.75 Å². The molecule has 1 N–H and O–H groups in total. The van der Waals surface area contributed by atoms with Crippen LogP contribution in [-0.2, 0) is 9.59 Å². The molecule has 1 fully saturated rings. The molecule has 1 aromatic rings. The van der Waals surface area contributed by atoms with Crippen molar-refractivity contribution in [1.29, 1.82) is 0 Å². The first kappa shape index (κ1) is 15.8. The van der Waals surface area contributed by atoms with E-state index in [1.165, 1.54) is 26.2 Å². The van der Waals surface area contributed by atoms with E-state index < -0.39 is 0 Å². The van der Waals surface area contributed by atoms with Crippen LogP contribution >= 0.6 is 0 Å². The van der Waals surface area contributed by atoms with Crippen LogP contribution in [0.4, 0.5) is 11.4 Å². The molecule has 1 aromatic carbocycles. The van der Waals surface area contributed by atoms with E-state index in [9.17, 15) is 9.59 Å². The summed E-state index contributed by atoms with van der Waals surface area (Å²) in [6.07, 6.45) is 3.77. The summed E-state index contributed by atoms with van der Waals surface area (Å²) in [5.41, 5.74) is 1.42. The van der Waals surface area contributed by atoms with Gasteiger partial charge in [-0.15, -0.1) is 0 Å². The number of anilines is 2. The number of amides is 2. The van der Waals surface area contributed by atoms with Crippen LogP contribution in [0.2, 0.25) is 0 Å². The van der Waals surface area contributed by atoms with E-state index in [0.717, 1.165) is 25.3 Å². The van der Waals surface area contributed by atoms with Crippen molar-refractivity contribution in [2.45, 2.75) is 26.2 Å². The van der Waals surface area contributed by atoms with Gasteiger partial charge in [-0.1, -0.05) is 6.42 Å². The van der Waals surface area contributed by atoms with Gasteiger partial charge in [0, 0.05) is 25.7 Å². The quantitative estimate of drug-likeness (QED) is 0.921. The second-order valence-corrected chi connectivity index (χ2v) is 6.10. The SMILES string of the molecule is CC(=O)Nc1ccc2c(c1)N(CCN1CCCCC1)C(=O)CO2. The van der Waals surface area contributed by atoms with Crippen LogP contribution in [0.25, 0.3) is 0 Å². The average molecular weight is 317 g/mol. The zero-order chi connectivity index (χ0) is 16.2. The van der Waals surface area contributed by atoms with Gasteiger partial charge in [0.25, 0.3) is 5.91 Å². The molecule has 2 heterocycles. The summed E-state index contributed by atoms with van der Waals surface area (Å²) < 4.78 is 5.50. The summed E-state index contributed by atoms with van der Waals surface area (Å²) in [4.78, 5) is 27.7. The zero-order valence-corrected chi connectivity index (χ0v) is 13.5. The smallest absolute Gasteiger partial charge is 0.265 e. The minimum Gasteiger partial charge on any atom is -0.482 e.